The molecule has 3 heteroatoms. The van der Waals surface area contributed by atoms with Crippen LogP contribution in [0.3, 0.4) is 0 Å². The zero-order chi connectivity index (χ0) is 14.2. The second kappa shape index (κ2) is 5.38. The van der Waals surface area contributed by atoms with Crippen molar-refractivity contribution >= 4 is 5.69 Å². The van der Waals surface area contributed by atoms with Crippen LogP contribution in [-0.4, -0.2) is 48.3 Å². The number of piperidine rings is 1. The van der Waals surface area contributed by atoms with Crippen LogP contribution < -0.4 is 4.90 Å². The number of likely N-dealkylation sites (tertiary alicyclic amines) is 1. The Bertz CT molecular complexity index is 476. The molecule has 2 aliphatic rings. The molecule has 2 atom stereocenters. The molecule has 0 aromatic heterocycles. The Morgan fingerprint density at radius 3 is 2.95 bits per heavy atom. The van der Waals surface area contributed by atoms with Crippen molar-refractivity contribution in [2.24, 2.45) is 0 Å². The van der Waals surface area contributed by atoms with Gasteiger partial charge in [-0.3, -0.25) is 0 Å². The number of fused-ring (bicyclic) bond motifs is 1. The third kappa shape index (κ3) is 2.70. The maximum Gasteiger partial charge on any atom is 0.0948 e. The summed E-state index contributed by atoms with van der Waals surface area (Å²) in [4.78, 5) is 4.68. The third-order valence-corrected chi connectivity index (χ3v) is 4.88. The Morgan fingerprint density at radius 1 is 1.35 bits per heavy atom. The van der Waals surface area contributed by atoms with Gasteiger partial charge in [-0.15, -0.1) is 0 Å². The van der Waals surface area contributed by atoms with Gasteiger partial charge < -0.3 is 14.9 Å². The minimum absolute atomic E-state index is 0.515. The summed E-state index contributed by atoms with van der Waals surface area (Å²) in [5.41, 5.74) is 2.19. The van der Waals surface area contributed by atoms with E-state index in [1.165, 1.54) is 17.7 Å². The predicted molar refractivity (Wildman–Crippen MR) is 83.3 cm³/mol. The summed E-state index contributed by atoms with van der Waals surface area (Å²) in [7, 11) is 2.11. The highest BCUT2D eigenvalue weighted by Crippen LogP contribution is 2.33. The fraction of sp³-hybridized carbons (Fsp3) is 0.647. The van der Waals surface area contributed by atoms with Crippen molar-refractivity contribution in [3.63, 3.8) is 0 Å². The smallest absolute Gasteiger partial charge is 0.0948 e. The van der Waals surface area contributed by atoms with Crippen LogP contribution in [0.25, 0.3) is 0 Å². The second-order valence-electron chi connectivity index (χ2n) is 6.71. The summed E-state index contributed by atoms with van der Waals surface area (Å²) in [5.74, 6) is 0. The molecule has 0 spiro atoms. The standard InChI is InChI=1S/C17H26N2O/c1-14-8-9-15-6-3-4-7-16(15)19(14)13-17(20)10-5-11-18(2)12-17/h3-4,6-7,14,20H,5,8-13H2,1-2H3/t14-,17-/m1/s1. The van der Waals surface area contributed by atoms with Gasteiger partial charge in [-0.2, -0.15) is 0 Å². The van der Waals surface area contributed by atoms with Crippen molar-refractivity contribution in [1.82, 2.24) is 4.90 Å². The van der Waals surface area contributed by atoms with Gasteiger partial charge >= 0.3 is 0 Å². The molecule has 1 saturated heterocycles. The first-order valence-electron chi connectivity index (χ1n) is 7.83. The molecule has 0 amide bonds. The lowest BCUT2D eigenvalue weighted by Gasteiger charge is -2.45. The quantitative estimate of drug-likeness (QED) is 0.896. The van der Waals surface area contributed by atoms with Crippen molar-refractivity contribution in [3.8, 4) is 0 Å². The van der Waals surface area contributed by atoms with E-state index in [0.29, 0.717) is 6.04 Å². The first-order chi connectivity index (χ1) is 9.57. The Balaban J connectivity index is 1.82. The van der Waals surface area contributed by atoms with Crippen LogP contribution >= 0.6 is 0 Å². The fourth-order valence-corrected chi connectivity index (χ4v) is 3.79. The first kappa shape index (κ1) is 13.9. The van der Waals surface area contributed by atoms with E-state index in [1.807, 2.05) is 0 Å². The van der Waals surface area contributed by atoms with Crippen molar-refractivity contribution in [3.05, 3.63) is 29.8 Å². The van der Waals surface area contributed by atoms with E-state index in [2.05, 4.69) is 48.0 Å². The molecule has 1 fully saturated rings. The number of anilines is 1. The number of para-hydroxylation sites is 1. The van der Waals surface area contributed by atoms with Gasteiger partial charge in [-0.05, 0) is 57.8 Å². The third-order valence-electron chi connectivity index (χ3n) is 4.88. The van der Waals surface area contributed by atoms with Crippen LogP contribution in [0, 0.1) is 0 Å². The van der Waals surface area contributed by atoms with Crippen LogP contribution in [0.4, 0.5) is 5.69 Å². The van der Waals surface area contributed by atoms with E-state index in [-0.39, 0.29) is 0 Å². The summed E-state index contributed by atoms with van der Waals surface area (Å²) in [5, 5.41) is 11.0. The summed E-state index contributed by atoms with van der Waals surface area (Å²) < 4.78 is 0. The summed E-state index contributed by atoms with van der Waals surface area (Å²) in [6.45, 7) is 4.94. The maximum absolute atomic E-state index is 11.0. The molecule has 0 bridgehead atoms. The molecule has 2 aliphatic heterocycles. The molecule has 0 unspecified atom stereocenters. The number of aryl methyl sites for hydroxylation is 1. The monoisotopic (exact) mass is 274 g/mol. The van der Waals surface area contributed by atoms with Crippen LogP contribution in [0.1, 0.15) is 31.7 Å². The Hall–Kier alpha value is -1.06. The van der Waals surface area contributed by atoms with E-state index in [4.69, 9.17) is 0 Å². The van der Waals surface area contributed by atoms with Gasteiger partial charge in [0.25, 0.3) is 0 Å². The number of rotatable bonds is 2. The molecule has 0 saturated carbocycles. The number of hydrogen-bond acceptors (Lipinski definition) is 3. The average Bonchev–Trinajstić information content (AvgIpc) is 2.42. The molecule has 20 heavy (non-hydrogen) atoms. The van der Waals surface area contributed by atoms with Gasteiger partial charge in [0.15, 0.2) is 0 Å². The zero-order valence-electron chi connectivity index (χ0n) is 12.7. The molecule has 2 heterocycles. The summed E-state index contributed by atoms with van der Waals surface area (Å²) >= 11 is 0. The average molecular weight is 274 g/mol. The second-order valence-corrected chi connectivity index (χ2v) is 6.71. The van der Waals surface area contributed by atoms with Gasteiger partial charge in [0.05, 0.1) is 5.60 Å². The largest absolute Gasteiger partial charge is 0.387 e. The Morgan fingerprint density at radius 2 is 2.15 bits per heavy atom. The minimum Gasteiger partial charge on any atom is -0.387 e. The minimum atomic E-state index is -0.564. The van der Waals surface area contributed by atoms with Crippen molar-refractivity contribution in [2.75, 3.05) is 31.6 Å². The van der Waals surface area contributed by atoms with E-state index in [1.54, 1.807) is 0 Å². The van der Waals surface area contributed by atoms with Gasteiger partial charge in [-0.25, -0.2) is 0 Å². The lowest BCUT2D eigenvalue weighted by atomic mass is 9.89. The molecule has 3 rings (SSSR count). The molecule has 1 aromatic rings. The number of benzene rings is 1. The van der Waals surface area contributed by atoms with E-state index in [9.17, 15) is 5.11 Å². The van der Waals surface area contributed by atoms with Crippen LogP contribution in [0.2, 0.25) is 0 Å². The normalized spacial score (nSPS) is 31.1. The van der Waals surface area contributed by atoms with Gasteiger partial charge in [0, 0.05) is 24.8 Å². The Kier molecular flexibility index (Phi) is 3.74. The van der Waals surface area contributed by atoms with Crippen molar-refractivity contribution in [1.29, 1.82) is 0 Å². The molecule has 110 valence electrons. The lowest BCUT2D eigenvalue weighted by molar-refractivity contribution is -0.0178. The van der Waals surface area contributed by atoms with E-state index in [0.717, 1.165) is 38.9 Å². The first-order valence-corrected chi connectivity index (χ1v) is 7.83. The van der Waals surface area contributed by atoms with Crippen molar-refractivity contribution in [2.45, 2.75) is 44.2 Å². The number of hydrogen-bond donors (Lipinski definition) is 1. The number of aliphatic hydroxyl groups is 1. The van der Waals surface area contributed by atoms with Gasteiger partial charge in [0.1, 0.15) is 0 Å². The zero-order valence-corrected chi connectivity index (χ0v) is 12.7. The highest BCUT2D eigenvalue weighted by Gasteiger charge is 2.36. The van der Waals surface area contributed by atoms with E-state index >= 15 is 0 Å². The van der Waals surface area contributed by atoms with Gasteiger partial charge in [-0.1, -0.05) is 18.2 Å². The highest BCUT2D eigenvalue weighted by molar-refractivity contribution is 5.56. The van der Waals surface area contributed by atoms with Crippen molar-refractivity contribution < 1.29 is 5.11 Å². The predicted octanol–water partition coefficient (Wildman–Crippen LogP) is 2.28. The SMILES string of the molecule is C[C@@H]1CCc2ccccc2N1C[C@@]1(O)CCCN(C)C1. The topological polar surface area (TPSA) is 26.7 Å². The molecule has 1 aromatic carbocycles. The molecular weight excluding hydrogens is 248 g/mol. The summed E-state index contributed by atoms with van der Waals surface area (Å²) in [6, 6.07) is 9.18. The van der Waals surface area contributed by atoms with Gasteiger partial charge in [0.2, 0.25) is 0 Å². The molecular formula is C17H26N2O. The van der Waals surface area contributed by atoms with E-state index < -0.39 is 5.60 Å². The van der Waals surface area contributed by atoms with Crippen LogP contribution in [0.5, 0.6) is 0 Å². The summed E-state index contributed by atoms with van der Waals surface area (Å²) in [6.07, 6.45) is 4.36. The highest BCUT2D eigenvalue weighted by atomic mass is 16.3. The lowest BCUT2D eigenvalue weighted by Crippen LogP contribution is -2.55. The van der Waals surface area contributed by atoms with Crippen LogP contribution in [-0.2, 0) is 6.42 Å². The molecule has 3 nitrogen and oxygen atoms in total. The number of nitrogens with zero attached hydrogens (tertiary/aromatic N) is 2. The molecule has 0 aliphatic carbocycles. The number of likely N-dealkylation sites (N-methyl/N-ethyl adjacent to an activating group) is 1. The fourth-order valence-electron chi connectivity index (χ4n) is 3.79. The maximum atomic E-state index is 11.0. The molecule has 1 N–H and O–H groups in total. The Labute approximate surface area is 122 Å². The van der Waals surface area contributed by atoms with Crippen LogP contribution in [0.15, 0.2) is 24.3 Å². The number of β-amino-alcohol motifs (C(OH)–C–C–N with tert-alkyl or cyclic N) is 1. The molecule has 0 radical (unpaired) electrons.